The molecule has 0 atom stereocenters. The van der Waals surface area contributed by atoms with Crippen LogP contribution in [0.4, 0.5) is 5.69 Å². The molecular weight excluding hydrogens is 531 g/mol. The second kappa shape index (κ2) is 15.5. The van der Waals surface area contributed by atoms with Gasteiger partial charge in [-0.15, -0.1) is 24.0 Å². The quantitative estimate of drug-likeness (QED) is 0.161. The molecule has 2 aromatic rings. The number of anilines is 1. The number of aryl methyl sites for hydroxylation is 1. The molecule has 8 heteroatoms. The van der Waals surface area contributed by atoms with Crippen LogP contribution >= 0.6 is 24.0 Å². The zero-order chi connectivity index (χ0) is 23.3. The molecule has 33 heavy (non-hydrogen) atoms. The van der Waals surface area contributed by atoms with Gasteiger partial charge in [0.25, 0.3) is 0 Å². The lowest BCUT2D eigenvalue weighted by molar-refractivity contribution is -0.118. The minimum Gasteiger partial charge on any atom is -0.491 e. The number of nitrogens with one attached hydrogen (secondary N) is 3. The van der Waals surface area contributed by atoms with Crippen molar-refractivity contribution in [3.63, 3.8) is 0 Å². The van der Waals surface area contributed by atoms with E-state index in [1.54, 1.807) is 7.11 Å². The standard InChI is InChI=1S/C25H36N4O3.HI/c1-6-26-25(27-16-20-8-11-22(12-9-20)29-24(30)18(2)3)28-17-21-10-7-19(4)15-23(21)32-14-13-31-5;/h7-12,15,18H,6,13-14,16-17H2,1-5H3,(H,29,30)(H2,26,27,28);1H. The summed E-state index contributed by atoms with van der Waals surface area (Å²) in [6, 6.07) is 13.9. The lowest BCUT2D eigenvalue weighted by Crippen LogP contribution is -2.36. The molecule has 0 spiro atoms. The van der Waals surface area contributed by atoms with Gasteiger partial charge in [-0.05, 0) is 43.2 Å². The van der Waals surface area contributed by atoms with Crippen molar-refractivity contribution in [2.24, 2.45) is 10.9 Å². The highest BCUT2D eigenvalue weighted by Crippen LogP contribution is 2.20. The average molecular weight is 569 g/mol. The van der Waals surface area contributed by atoms with Crippen molar-refractivity contribution in [3.05, 3.63) is 59.2 Å². The van der Waals surface area contributed by atoms with Crippen molar-refractivity contribution in [1.82, 2.24) is 10.6 Å². The highest BCUT2D eigenvalue weighted by Gasteiger charge is 2.08. The maximum absolute atomic E-state index is 11.8. The van der Waals surface area contributed by atoms with Crippen LogP contribution in [-0.2, 0) is 22.6 Å². The van der Waals surface area contributed by atoms with Gasteiger partial charge in [0.15, 0.2) is 5.96 Å². The molecule has 2 aromatic carbocycles. The number of carbonyl (C=O) groups is 1. The number of benzene rings is 2. The van der Waals surface area contributed by atoms with Gasteiger partial charge in [0.05, 0.1) is 13.2 Å². The van der Waals surface area contributed by atoms with E-state index in [2.05, 4.69) is 33.1 Å². The van der Waals surface area contributed by atoms with Crippen molar-refractivity contribution in [3.8, 4) is 5.75 Å². The van der Waals surface area contributed by atoms with Crippen molar-refractivity contribution < 1.29 is 14.3 Å². The molecule has 0 aliphatic carbocycles. The second-order valence-electron chi connectivity index (χ2n) is 7.84. The van der Waals surface area contributed by atoms with Crippen LogP contribution in [0.2, 0.25) is 0 Å². The first-order valence-electron chi connectivity index (χ1n) is 11.1. The number of aliphatic imine (C=N–C) groups is 1. The molecule has 0 saturated heterocycles. The fourth-order valence-electron chi connectivity index (χ4n) is 2.85. The van der Waals surface area contributed by atoms with Gasteiger partial charge in [0, 0.05) is 37.4 Å². The summed E-state index contributed by atoms with van der Waals surface area (Å²) >= 11 is 0. The lowest BCUT2D eigenvalue weighted by Gasteiger charge is -2.15. The molecule has 1 amide bonds. The first-order chi connectivity index (χ1) is 15.4. The van der Waals surface area contributed by atoms with Crippen LogP contribution in [0.15, 0.2) is 47.5 Å². The largest absolute Gasteiger partial charge is 0.491 e. The summed E-state index contributed by atoms with van der Waals surface area (Å²) in [5.41, 5.74) is 4.06. The fourth-order valence-corrected chi connectivity index (χ4v) is 2.85. The van der Waals surface area contributed by atoms with E-state index in [9.17, 15) is 4.79 Å². The number of methoxy groups -OCH3 is 1. The third-order valence-corrected chi connectivity index (χ3v) is 4.72. The summed E-state index contributed by atoms with van der Waals surface area (Å²) in [5.74, 6) is 1.54. The molecule has 0 saturated carbocycles. The molecule has 0 aliphatic rings. The first-order valence-corrected chi connectivity index (χ1v) is 11.1. The zero-order valence-corrected chi connectivity index (χ0v) is 22.6. The number of carbonyl (C=O) groups excluding carboxylic acids is 1. The molecule has 0 fully saturated rings. The van der Waals surface area contributed by atoms with E-state index in [0.29, 0.717) is 26.3 Å². The molecule has 2 rings (SSSR count). The molecule has 0 aliphatic heterocycles. The van der Waals surface area contributed by atoms with Gasteiger partial charge in [-0.3, -0.25) is 4.79 Å². The molecule has 0 unspecified atom stereocenters. The summed E-state index contributed by atoms with van der Waals surface area (Å²) in [6.07, 6.45) is 0. The van der Waals surface area contributed by atoms with Crippen molar-refractivity contribution in [2.45, 2.75) is 40.8 Å². The van der Waals surface area contributed by atoms with Crippen LogP contribution < -0.4 is 20.7 Å². The molecular formula is C25H37IN4O3. The molecule has 0 bridgehead atoms. The predicted molar refractivity (Wildman–Crippen MR) is 146 cm³/mol. The maximum atomic E-state index is 11.8. The van der Waals surface area contributed by atoms with E-state index >= 15 is 0 Å². The van der Waals surface area contributed by atoms with Gasteiger partial charge >= 0.3 is 0 Å². The highest BCUT2D eigenvalue weighted by molar-refractivity contribution is 14.0. The summed E-state index contributed by atoms with van der Waals surface area (Å²) in [6.45, 7) is 10.8. The van der Waals surface area contributed by atoms with E-state index in [4.69, 9.17) is 9.47 Å². The number of guanidine groups is 1. The summed E-state index contributed by atoms with van der Waals surface area (Å²) in [7, 11) is 1.66. The van der Waals surface area contributed by atoms with E-state index in [-0.39, 0.29) is 35.8 Å². The van der Waals surface area contributed by atoms with E-state index in [0.717, 1.165) is 40.6 Å². The minimum atomic E-state index is -0.0487. The maximum Gasteiger partial charge on any atom is 0.226 e. The Bertz CT molecular complexity index is 886. The van der Waals surface area contributed by atoms with Crippen molar-refractivity contribution in [1.29, 1.82) is 0 Å². The zero-order valence-electron chi connectivity index (χ0n) is 20.2. The van der Waals surface area contributed by atoms with Gasteiger partial charge in [0.2, 0.25) is 5.91 Å². The van der Waals surface area contributed by atoms with Gasteiger partial charge in [-0.1, -0.05) is 38.1 Å². The second-order valence-corrected chi connectivity index (χ2v) is 7.84. The number of rotatable bonds is 11. The Labute approximate surface area is 214 Å². The average Bonchev–Trinajstić information content (AvgIpc) is 2.77. The van der Waals surface area contributed by atoms with Gasteiger partial charge in [-0.25, -0.2) is 4.99 Å². The van der Waals surface area contributed by atoms with Crippen LogP contribution in [0.25, 0.3) is 0 Å². The van der Waals surface area contributed by atoms with Crippen LogP contribution in [-0.4, -0.2) is 38.7 Å². The summed E-state index contributed by atoms with van der Waals surface area (Å²) in [4.78, 5) is 16.5. The Morgan fingerprint density at radius 3 is 2.42 bits per heavy atom. The number of amides is 1. The van der Waals surface area contributed by atoms with Crippen LogP contribution in [0.1, 0.15) is 37.5 Å². The highest BCUT2D eigenvalue weighted by atomic mass is 127. The summed E-state index contributed by atoms with van der Waals surface area (Å²) < 4.78 is 11.0. The minimum absolute atomic E-state index is 0. The smallest absolute Gasteiger partial charge is 0.226 e. The molecule has 0 radical (unpaired) electrons. The monoisotopic (exact) mass is 568 g/mol. The number of nitrogens with zero attached hydrogens (tertiary/aromatic N) is 1. The Balaban J connectivity index is 0.00000544. The topological polar surface area (TPSA) is 84.0 Å². The molecule has 0 aromatic heterocycles. The Morgan fingerprint density at radius 1 is 1.06 bits per heavy atom. The van der Waals surface area contributed by atoms with Gasteiger partial charge in [-0.2, -0.15) is 0 Å². The Morgan fingerprint density at radius 2 is 1.79 bits per heavy atom. The fraction of sp³-hybridized carbons (Fsp3) is 0.440. The predicted octanol–water partition coefficient (Wildman–Crippen LogP) is 4.49. The van der Waals surface area contributed by atoms with Crippen LogP contribution in [0.3, 0.4) is 0 Å². The Kier molecular flexibility index (Phi) is 13.5. The number of hydrogen-bond donors (Lipinski definition) is 3. The lowest BCUT2D eigenvalue weighted by atomic mass is 10.1. The molecule has 0 heterocycles. The normalized spacial score (nSPS) is 11.0. The van der Waals surface area contributed by atoms with Crippen LogP contribution in [0.5, 0.6) is 5.75 Å². The number of hydrogen-bond acceptors (Lipinski definition) is 4. The number of ether oxygens (including phenoxy) is 2. The van der Waals surface area contributed by atoms with E-state index in [1.807, 2.05) is 58.0 Å². The van der Waals surface area contributed by atoms with Crippen LogP contribution in [0, 0.1) is 12.8 Å². The van der Waals surface area contributed by atoms with Gasteiger partial charge in [0.1, 0.15) is 12.4 Å². The molecule has 7 nitrogen and oxygen atoms in total. The Hall–Kier alpha value is -2.33. The van der Waals surface area contributed by atoms with Crippen molar-refractivity contribution in [2.75, 3.05) is 32.2 Å². The molecule has 182 valence electrons. The first kappa shape index (κ1) is 28.7. The van der Waals surface area contributed by atoms with E-state index < -0.39 is 0 Å². The van der Waals surface area contributed by atoms with E-state index in [1.165, 1.54) is 0 Å². The SMILES string of the molecule is CCNC(=NCc1ccc(NC(=O)C(C)C)cc1)NCc1ccc(C)cc1OCCOC.I. The number of halogens is 1. The summed E-state index contributed by atoms with van der Waals surface area (Å²) in [5, 5.41) is 9.56. The molecule has 3 N–H and O–H groups in total. The third kappa shape index (κ3) is 10.4. The third-order valence-electron chi connectivity index (χ3n) is 4.72. The van der Waals surface area contributed by atoms with Crippen molar-refractivity contribution >= 4 is 41.5 Å². The van der Waals surface area contributed by atoms with Gasteiger partial charge < -0.3 is 25.4 Å².